The van der Waals surface area contributed by atoms with Gasteiger partial charge in [0.25, 0.3) is 0 Å². The third kappa shape index (κ3) is 2.76. The van der Waals surface area contributed by atoms with Gasteiger partial charge in [-0.3, -0.25) is 4.98 Å². The lowest BCUT2D eigenvalue weighted by Gasteiger charge is -2.27. The van der Waals surface area contributed by atoms with Gasteiger partial charge in [-0.2, -0.15) is 0 Å². The van der Waals surface area contributed by atoms with E-state index < -0.39 is 0 Å². The third-order valence-corrected chi connectivity index (χ3v) is 4.25. The average molecular weight is 284 g/mol. The highest BCUT2D eigenvalue weighted by atomic mass is 79.9. The molecule has 3 heteroatoms. The lowest BCUT2D eigenvalue weighted by Crippen LogP contribution is -2.17. The van der Waals surface area contributed by atoms with Gasteiger partial charge in [-0.1, -0.05) is 28.8 Å². The molecule has 1 fully saturated rings. The molecule has 88 valence electrons. The Morgan fingerprint density at radius 2 is 2.19 bits per heavy atom. The highest BCUT2D eigenvalue weighted by Crippen LogP contribution is 2.37. The Kier molecular flexibility index (Phi) is 4.22. The molecular weight excluding hydrogens is 266 g/mol. The van der Waals surface area contributed by atoms with E-state index >= 15 is 0 Å². The lowest BCUT2D eigenvalue weighted by atomic mass is 9.84. The number of hydrogen-bond acceptors (Lipinski definition) is 2. The largest absolute Gasteiger partial charge is 0.492 e. The maximum absolute atomic E-state index is 5.49. The maximum Gasteiger partial charge on any atom is 0.137 e. The molecule has 0 bridgehead atoms. The monoisotopic (exact) mass is 283 g/mol. The molecule has 1 aromatic rings. The van der Waals surface area contributed by atoms with Crippen LogP contribution in [0.2, 0.25) is 0 Å². The minimum atomic E-state index is 0.597. The van der Waals surface area contributed by atoms with Crippen LogP contribution in [0.15, 0.2) is 18.5 Å². The summed E-state index contributed by atoms with van der Waals surface area (Å²) in [5, 5.41) is 0. The summed E-state index contributed by atoms with van der Waals surface area (Å²) in [6.07, 6.45) is 8.96. The van der Waals surface area contributed by atoms with Gasteiger partial charge in [0.1, 0.15) is 5.75 Å². The molecule has 2 unspecified atom stereocenters. The van der Waals surface area contributed by atoms with E-state index in [1.54, 1.807) is 6.20 Å². The summed E-state index contributed by atoms with van der Waals surface area (Å²) < 4.78 is 5.49. The number of hydrogen-bond donors (Lipinski definition) is 0. The number of rotatable bonds is 3. The Hall–Kier alpha value is -0.570. The van der Waals surface area contributed by atoms with E-state index in [4.69, 9.17) is 4.74 Å². The minimum absolute atomic E-state index is 0.597. The predicted molar refractivity (Wildman–Crippen MR) is 69.3 cm³/mol. The summed E-state index contributed by atoms with van der Waals surface area (Å²) >= 11 is 3.79. The Morgan fingerprint density at radius 1 is 1.38 bits per heavy atom. The van der Waals surface area contributed by atoms with Crippen LogP contribution in [0.3, 0.4) is 0 Å². The summed E-state index contributed by atoms with van der Waals surface area (Å²) in [6.45, 7) is 2.70. The van der Waals surface area contributed by atoms with Gasteiger partial charge in [0, 0.05) is 11.0 Å². The Balaban J connectivity index is 2.15. The average Bonchev–Trinajstić information content (AvgIpc) is 2.30. The maximum atomic E-state index is 5.49. The van der Waals surface area contributed by atoms with E-state index in [0.717, 1.165) is 5.75 Å². The third-order valence-electron chi connectivity index (χ3n) is 3.16. The molecular formula is C13H18BrNO. The number of alkyl halides is 1. The van der Waals surface area contributed by atoms with Crippen LogP contribution < -0.4 is 4.74 Å². The molecule has 0 radical (unpaired) electrons. The van der Waals surface area contributed by atoms with Crippen molar-refractivity contribution in [3.05, 3.63) is 24.0 Å². The van der Waals surface area contributed by atoms with Crippen molar-refractivity contribution < 1.29 is 4.74 Å². The summed E-state index contributed by atoms with van der Waals surface area (Å²) in [5.41, 5.74) is 1.31. The Bertz CT molecular complexity index is 342. The number of aromatic nitrogens is 1. The van der Waals surface area contributed by atoms with Crippen molar-refractivity contribution in [1.29, 1.82) is 0 Å². The molecule has 1 aromatic heterocycles. The van der Waals surface area contributed by atoms with Crippen LogP contribution in [-0.2, 0) is 0 Å². The molecule has 0 amide bonds. The molecule has 0 N–H and O–H groups in total. The first-order valence-corrected chi connectivity index (χ1v) is 6.94. The van der Waals surface area contributed by atoms with E-state index in [-0.39, 0.29) is 0 Å². The molecule has 0 saturated heterocycles. The fourth-order valence-corrected chi connectivity index (χ4v) is 3.24. The first kappa shape index (κ1) is 11.9. The predicted octanol–water partition coefficient (Wildman–Crippen LogP) is 3.90. The zero-order valence-corrected chi connectivity index (χ0v) is 11.2. The fourth-order valence-electron chi connectivity index (χ4n) is 2.35. The normalized spacial score (nSPS) is 25.4. The molecule has 1 heterocycles. The first-order valence-electron chi connectivity index (χ1n) is 6.03. The molecule has 2 atom stereocenters. The van der Waals surface area contributed by atoms with E-state index in [1.807, 2.05) is 13.1 Å². The quantitative estimate of drug-likeness (QED) is 0.785. The molecule has 2 rings (SSSR count). The summed E-state index contributed by atoms with van der Waals surface area (Å²) in [4.78, 5) is 4.86. The van der Waals surface area contributed by atoms with Crippen molar-refractivity contribution in [3.8, 4) is 5.75 Å². The van der Waals surface area contributed by atoms with Crippen LogP contribution in [0.5, 0.6) is 5.75 Å². The zero-order chi connectivity index (χ0) is 11.4. The number of halogens is 1. The molecule has 1 aliphatic rings. The molecule has 2 nitrogen and oxygen atoms in total. The van der Waals surface area contributed by atoms with Gasteiger partial charge in [0.05, 0.1) is 12.8 Å². The fraction of sp³-hybridized carbons (Fsp3) is 0.615. The minimum Gasteiger partial charge on any atom is -0.492 e. The van der Waals surface area contributed by atoms with Gasteiger partial charge in [-0.25, -0.2) is 0 Å². The van der Waals surface area contributed by atoms with Gasteiger partial charge in [-0.05, 0) is 37.3 Å². The smallest absolute Gasteiger partial charge is 0.137 e. The van der Waals surface area contributed by atoms with E-state index in [0.29, 0.717) is 17.4 Å². The second kappa shape index (κ2) is 5.67. The van der Waals surface area contributed by atoms with Gasteiger partial charge in [0.15, 0.2) is 0 Å². The molecule has 16 heavy (non-hydrogen) atoms. The SMILES string of the molecule is CCOc1cncc(C2CCCCC2Br)c1. The number of ether oxygens (including phenoxy) is 1. The van der Waals surface area contributed by atoms with Gasteiger partial charge < -0.3 is 4.74 Å². The molecule has 0 aliphatic heterocycles. The van der Waals surface area contributed by atoms with Crippen molar-refractivity contribution in [3.63, 3.8) is 0 Å². The van der Waals surface area contributed by atoms with E-state index in [1.165, 1.54) is 31.2 Å². The van der Waals surface area contributed by atoms with Crippen molar-refractivity contribution in [2.75, 3.05) is 6.61 Å². The van der Waals surface area contributed by atoms with Crippen molar-refractivity contribution >= 4 is 15.9 Å². The summed E-state index contributed by atoms with van der Waals surface area (Å²) in [5.74, 6) is 1.49. The molecule has 0 aromatic carbocycles. The topological polar surface area (TPSA) is 22.1 Å². The second-order valence-electron chi connectivity index (χ2n) is 4.29. The van der Waals surface area contributed by atoms with Gasteiger partial charge in [0.2, 0.25) is 0 Å². The molecule has 0 spiro atoms. The number of nitrogens with zero attached hydrogens (tertiary/aromatic N) is 1. The zero-order valence-electron chi connectivity index (χ0n) is 9.66. The lowest BCUT2D eigenvalue weighted by molar-refractivity contribution is 0.337. The van der Waals surface area contributed by atoms with Crippen LogP contribution in [0.1, 0.15) is 44.1 Å². The van der Waals surface area contributed by atoms with E-state index in [2.05, 4.69) is 27.0 Å². The van der Waals surface area contributed by atoms with Crippen LogP contribution in [0.4, 0.5) is 0 Å². The van der Waals surface area contributed by atoms with Crippen LogP contribution in [0.25, 0.3) is 0 Å². The van der Waals surface area contributed by atoms with Crippen molar-refractivity contribution in [1.82, 2.24) is 4.98 Å². The number of pyridine rings is 1. The standard InChI is InChI=1S/C13H18BrNO/c1-2-16-11-7-10(8-15-9-11)12-5-3-4-6-13(12)14/h7-9,12-13H,2-6H2,1H3. The highest BCUT2D eigenvalue weighted by Gasteiger charge is 2.24. The molecule has 1 saturated carbocycles. The van der Waals surface area contributed by atoms with Crippen LogP contribution in [0, 0.1) is 0 Å². The van der Waals surface area contributed by atoms with Gasteiger partial charge in [-0.15, -0.1) is 0 Å². The van der Waals surface area contributed by atoms with Crippen LogP contribution >= 0.6 is 15.9 Å². The second-order valence-corrected chi connectivity index (χ2v) is 5.47. The van der Waals surface area contributed by atoms with Crippen LogP contribution in [-0.4, -0.2) is 16.4 Å². The highest BCUT2D eigenvalue weighted by molar-refractivity contribution is 9.09. The van der Waals surface area contributed by atoms with Gasteiger partial charge >= 0.3 is 0 Å². The Labute approximate surface area is 106 Å². The Morgan fingerprint density at radius 3 is 2.94 bits per heavy atom. The van der Waals surface area contributed by atoms with Crippen molar-refractivity contribution in [2.45, 2.75) is 43.4 Å². The summed E-state index contributed by atoms with van der Waals surface area (Å²) in [7, 11) is 0. The molecule has 1 aliphatic carbocycles. The van der Waals surface area contributed by atoms with E-state index in [9.17, 15) is 0 Å². The van der Waals surface area contributed by atoms with Crippen molar-refractivity contribution in [2.24, 2.45) is 0 Å². The summed E-state index contributed by atoms with van der Waals surface area (Å²) in [6, 6.07) is 2.14. The first-order chi connectivity index (χ1) is 7.81.